The number of ether oxygens (including phenoxy) is 1. The number of benzene rings is 1. The van der Waals surface area contributed by atoms with Gasteiger partial charge in [-0.15, -0.1) is 0 Å². The third-order valence-corrected chi connectivity index (χ3v) is 3.49. The lowest BCUT2D eigenvalue weighted by atomic mass is 9.94. The van der Waals surface area contributed by atoms with Gasteiger partial charge in [-0.1, -0.05) is 0 Å². The van der Waals surface area contributed by atoms with E-state index >= 15 is 0 Å². The fraction of sp³-hybridized carbons (Fsp3) is 0.214. The first-order valence-corrected chi connectivity index (χ1v) is 6.74. The lowest BCUT2D eigenvalue weighted by Crippen LogP contribution is -2.54. The van der Waals surface area contributed by atoms with Crippen molar-refractivity contribution in [1.82, 2.24) is 9.55 Å². The first kappa shape index (κ1) is 19.2. The van der Waals surface area contributed by atoms with Gasteiger partial charge >= 0.3 is 17.8 Å². The lowest BCUT2D eigenvalue weighted by molar-refractivity contribution is -0.267. The zero-order chi connectivity index (χ0) is 19.9. The number of H-pyrrole nitrogens is 1. The molecular weight excluding hydrogens is 366 g/mol. The molecule has 0 saturated heterocycles. The number of hydrogen-bond acceptors (Lipinski definition) is 6. The Hall–Kier alpha value is -3.15. The quantitative estimate of drug-likeness (QED) is 0.517. The normalized spacial score (nSPS) is 13.9. The van der Waals surface area contributed by atoms with Gasteiger partial charge in [0.1, 0.15) is 17.2 Å². The van der Waals surface area contributed by atoms with Gasteiger partial charge in [-0.2, -0.15) is 13.2 Å². The molecule has 12 heteroatoms. The number of carbonyl (C=O) groups is 1. The molecule has 8 nitrogen and oxygen atoms in total. The van der Waals surface area contributed by atoms with Gasteiger partial charge < -0.3 is 15.6 Å². The fourth-order valence-electron chi connectivity index (χ4n) is 2.26. The number of nitrogens with one attached hydrogen (secondary N) is 1. The zero-order valence-corrected chi connectivity index (χ0v) is 12.9. The van der Waals surface area contributed by atoms with Gasteiger partial charge in [-0.05, 0) is 24.3 Å². The summed E-state index contributed by atoms with van der Waals surface area (Å²) in [5.41, 5.74) is -3.80. The van der Waals surface area contributed by atoms with Gasteiger partial charge in [-0.3, -0.25) is 9.78 Å². The van der Waals surface area contributed by atoms with Crippen LogP contribution in [-0.2, 0) is 15.1 Å². The van der Waals surface area contributed by atoms with E-state index in [-0.39, 0.29) is 5.69 Å². The van der Waals surface area contributed by atoms with E-state index in [9.17, 15) is 37.1 Å². The summed E-state index contributed by atoms with van der Waals surface area (Å²) in [6.45, 7) is 0. The summed E-state index contributed by atoms with van der Waals surface area (Å²) in [5, 5.41) is 9.98. The SMILES string of the molecule is COC(=O)[C@](O)(c1c(N)n(-c2ccc(F)cc2)c(=O)[nH]c1=O)C(F)(F)F. The van der Waals surface area contributed by atoms with Crippen LogP contribution in [0.4, 0.5) is 23.4 Å². The molecule has 0 radical (unpaired) electrons. The van der Waals surface area contributed by atoms with E-state index < -0.39 is 46.2 Å². The molecule has 0 saturated carbocycles. The first-order chi connectivity index (χ1) is 11.9. The van der Waals surface area contributed by atoms with Crippen LogP contribution in [0, 0.1) is 5.82 Å². The number of halogens is 4. The van der Waals surface area contributed by atoms with Crippen LogP contribution in [0.1, 0.15) is 5.56 Å². The second-order valence-electron chi connectivity index (χ2n) is 5.03. The Morgan fingerprint density at radius 1 is 1.23 bits per heavy atom. The topological polar surface area (TPSA) is 127 Å². The summed E-state index contributed by atoms with van der Waals surface area (Å²) in [5.74, 6) is -4.12. The lowest BCUT2D eigenvalue weighted by Gasteiger charge is -2.28. The molecule has 0 aliphatic carbocycles. The molecule has 140 valence electrons. The number of nitrogens with zero attached hydrogens (tertiary/aromatic N) is 1. The molecule has 2 rings (SSSR count). The summed E-state index contributed by atoms with van der Waals surface area (Å²) in [4.78, 5) is 37.1. The molecule has 4 N–H and O–H groups in total. The van der Waals surface area contributed by atoms with Crippen LogP contribution in [0.25, 0.3) is 5.69 Å². The third-order valence-electron chi connectivity index (χ3n) is 3.49. The van der Waals surface area contributed by atoms with E-state index in [1.807, 2.05) is 0 Å². The number of nitrogens with two attached hydrogens (primary N) is 1. The van der Waals surface area contributed by atoms with Crippen molar-refractivity contribution in [2.75, 3.05) is 12.8 Å². The molecule has 0 aliphatic heterocycles. The molecule has 0 aliphatic rings. The van der Waals surface area contributed by atoms with Gasteiger partial charge in [0.15, 0.2) is 0 Å². The fourth-order valence-corrected chi connectivity index (χ4v) is 2.26. The number of aliphatic hydroxyl groups is 1. The number of aromatic amines is 1. The first-order valence-electron chi connectivity index (χ1n) is 6.74. The summed E-state index contributed by atoms with van der Waals surface area (Å²) < 4.78 is 57.5. The molecular formula is C14H11F4N3O5. The van der Waals surface area contributed by atoms with E-state index in [4.69, 9.17) is 5.73 Å². The van der Waals surface area contributed by atoms with Crippen LogP contribution < -0.4 is 17.0 Å². The second-order valence-corrected chi connectivity index (χ2v) is 5.03. The maximum Gasteiger partial charge on any atom is 0.432 e. The van der Waals surface area contributed by atoms with E-state index in [2.05, 4.69) is 4.74 Å². The van der Waals surface area contributed by atoms with Crippen LogP contribution in [0.5, 0.6) is 0 Å². The van der Waals surface area contributed by atoms with Crippen molar-refractivity contribution in [2.24, 2.45) is 0 Å². The van der Waals surface area contributed by atoms with E-state index in [0.29, 0.717) is 11.7 Å². The van der Waals surface area contributed by atoms with E-state index in [0.717, 1.165) is 24.3 Å². The average Bonchev–Trinajstić information content (AvgIpc) is 2.54. The highest BCUT2D eigenvalue weighted by atomic mass is 19.4. The van der Waals surface area contributed by atoms with Crippen LogP contribution in [-0.4, -0.2) is 33.9 Å². The van der Waals surface area contributed by atoms with Crippen LogP contribution in [0.15, 0.2) is 33.9 Å². The number of methoxy groups -OCH3 is 1. The van der Waals surface area contributed by atoms with E-state index in [1.54, 1.807) is 0 Å². The Balaban J connectivity index is 2.92. The molecule has 0 spiro atoms. The second kappa shape index (κ2) is 6.29. The number of anilines is 1. The van der Waals surface area contributed by atoms with Gasteiger partial charge in [0, 0.05) is 0 Å². The molecule has 0 amide bonds. The summed E-state index contributed by atoms with van der Waals surface area (Å²) in [6.07, 6.45) is -5.70. The average molecular weight is 377 g/mol. The van der Waals surface area contributed by atoms with Crippen LogP contribution >= 0.6 is 0 Å². The molecule has 1 aromatic carbocycles. The molecule has 1 aromatic heterocycles. The standard InChI is InChI=1S/C14H11F4N3O5/c1-26-11(23)13(25,14(16,17)18)8-9(19)21(12(24)20-10(8)22)7-4-2-6(15)3-5-7/h2-5,25H,19H2,1H3,(H,20,22,24)/t13-/m1/s1. The molecule has 1 heterocycles. The summed E-state index contributed by atoms with van der Waals surface area (Å²) in [7, 11) is 0.555. The number of aromatic nitrogens is 2. The minimum Gasteiger partial charge on any atom is -0.466 e. The molecule has 26 heavy (non-hydrogen) atoms. The van der Waals surface area contributed by atoms with Crippen molar-refractivity contribution in [3.05, 3.63) is 56.5 Å². The van der Waals surface area contributed by atoms with Gasteiger partial charge in [-0.25, -0.2) is 18.5 Å². The molecule has 0 unspecified atom stereocenters. The van der Waals surface area contributed by atoms with Gasteiger partial charge in [0.2, 0.25) is 0 Å². The van der Waals surface area contributed by atoms with Crippen LogP contribution in [0.2, 0.25) is 0 Å². The minimum atomic E-state index is -5.70. The Morgan fingerprint density at radius 2 is 1.77 bits per heavy atom. The number of carbonyl (C=O) groups excluding carboxylic acids is 1. The Bertz CT molecular complexity index is 965. The maximum atomic E-state index is 13.4. The number of esters is 1. The predicted octanol–water partition coefficient (Wildman–Crippen LogP) is 0.170. The largest absolute Gasteiger partial charge is 0.466 e. The van der Waals surface area contributed by atoms with Crippen LogP contribution in [0.3, 0.4) is 0 Å². The molecule has 1 atom stereocenters. The Morgan fingerprint density at radius 3 is 2.23 bits per heavy atom. The monoisotopic (exact) mass is 377 g/mol. The Labute approximate surface area is 141 Å². The number of alkyl halides is 3. The highest BCUT2D eigenvalue weighted by Crippen LogP contribution is 2.40. The number of rotatable bonds is 3. The highest BCUT2D eigenvalue weighted by molar-refractivity contribution is 5.83. The number of hydrogen-bond donors (Lipinski definition) is 3. The summed E-state index contributed by atoms with van der Waals surface area (Å²) >= 11 is 0. The zero-order valence-electron chi connectivity index (χ0n) is 12.9. The Kier molecular flexibility index (Phi) is 4.64. The molecule has 0 fully saturated rings. The van der Waals surface area contributed by atoms with Gasteiger partial charge in [0.05, 0.1) is 12.8 Å². The van der Waals surface area contributed by atoms with Crippen molar-refractivity contribution >= 4 is 11.8 Å². The van der Waals surface area contributed by atoms with E-state index in [1.165, 1.54) is 4.98 Å². The van der Waals surface area contributed by atoms with Crippen molar-refractivity contribution in [3.8, 4) is 5.69 Å². The predicted molar refractivity (Wildman–Crippen MR) is 79.0 cm³/mol. The van der Waals surface area contributed by atoms with Gasteiger partial charge in [0.25, 0.3) is 11.2 Å². The minimum absolute atomic E-state index is 0.221. The maximum absolute atomic E-state index is 13.4. The van der Waals surface area contributed by atoms with Crippen molar-refractivity contribution in [3.63, 3.8) is 0 Å². The molecule has 0 bridgehead atoms. The van der Waals surface area contributed by atoms with Crippen molar-refractivity contribution in [1.29, 1.82) is 0 Å². The smallest absolute Gasteiger partial charge is 0.432 e. The third kappa shape index (κ3) is 2.83. The van der Waals surface area contributed by atoms with Crippen molar-refractivity contribution < 1.29 is 32.2 Å². The van der Waals surface area contributed by atoms with Crippen molar-refractivity contribution in [2.45, 2.75) is 11.8 Å². The highest BCUT2D eigenvalue weighted by Gasteiger charge is 2.64. The number of nitrogen functional groups attached to an aromatic ring is 1. The summed E-state index contributed by atoms with van der Waals surface area (Å²) in [6, 6.07) is 3.73. The molecule has 2 aromatic rings.